The minimum atomic E-state index is -0.0632. The van der Waals surface area contributed by atoms with E-state index in [1.54, 1.807) is 14.2 Å². The molecule has 0 unspecified atom stereocenters. The van der Waals surface area contributed by atoms with Crippen LogP contribution in [0.5, 0.6) is 0 Å². The van der Waals surface area contributed by atoms with E-state index in [1.165, 1.54) is 29.7 Å². The number of rotatable bonds is 6. The molecule has 0 aliphatic carbocycles. The Hall–Kier alpha value is -1.84. The average Bonchev–Trinajstić information content (AvgIpc) is 2.67. The molecule has 2 aromatic carbocycles. The normalized spacial score (nSPS) is 15.9. The first-order valence-electron chi connectivity index (χ1n) is 8.76. The van der Waals surface area contributed by atoms with Crippen molar-refractivity contribution in [2.24, 2.45) is 5.92 Å². The smallest absolute Gasteiger partial charge is 0.157 e. The van der Waals surface area contributed by atoms with Crippen LogP contribution in [-0.2, 0) is 9.47 Å². The minimum absolute atomic E-state index is 0.0632. The Balaban J connectivity index is 1.57. The number of methoxy groups -OCH3 is 2. The van der Waals surface area contributed by atoms with Crippen molar-refractivity contribution < 1.29 is 9.47 Å². The van der Waals surface area contributed by atoms with Gasteiger partial charge in [0.15, 0.2) is 6.29 Å². The lowest BCUT2D eigenvalue weighted by Crippen LogP contribution is -2.35. The van der Waals surface area contributed by atoms with E-state index < -0.39 is 0 Å². The van der Waals surface area contributed by atoms with Crippen LogP contribution in [0.25, 0.3) is 11.1 Å². The van der Waals surface area contributed by atoms with Crippen LogP contribution in [0.3, 0.4) is 0 Å². The summed E-state index contributed by atoms with van der Waals surface area (Å²) < 4.78 is 10.7. The molecule has 3 rings (SSSR count). The van der Waals surface area contributed by atoms with E-state index in [1.807, 2.05) is 0 Å². The van der Waals surface area contributed by atoms with Gasteiger partial charge in [-0.2, -0.15) is 0 Å². The molecular formula is C21H27NO2. The van der Waals surface area contributed by atoms with Gasteiger partial charge in [-0.3, -0.25) is 0 Å². The average molecular weight is 325 g/mol. The van der Waals surface area contributed by atoms with Gasteiger partial charge in [0.1, 0.15) is 0 Å². The Kier molecular flexibility index (Phi) is 5.89. The highest BCUT2D eigenvalue weighted by Crippen LogP contribution is 2.28. The van der Waals surface area contributed by atoms with E-state index in [4.69, 9.17) is 9.47 Å². The van der Waals surface area contributed by atoms with Gasteiger partial charge in [-0.05, 0) is 42.0 Å². The maximum Gasteiger partial charge on any atom is 0.157 e. The van der Waals surface area contributed by atoms with Crippen molar-refractivity contribution in [1.82, 2.24) is 0 Å². The van der Waals surface area contributed by atoms with E-state index >= 15 is 0 Å². The zero-order chi connectivity index (χ0) is 16.8. The fourth-order valence-electron chi connectivity index (χ4n) is 3.48. The molecule has 3 nitrogen and oxygen atoms in total. The van der Waals surface area contributed by atoms with E-state index in [2.05, 4.69) is 59.5 Å². The van der Waals surface area contributed by atoms with Crippen molar-refractivity contribution in [2.75, 3.05) is 32.2 Å². The zero-order valence-electron chi connectivity index (χ0n) is 14.7. The number of hydrogen-bond donors (Lipinski definition) is 0. The van der Waals surface area contributed by atoms with E-state index in [0.717, 1.165) is 19.5 Å². The van der Waals surface area contributed by atoms with Crippen LogP contribution in [0.1, 0.15) is 19.3 Å². The van der Waals surface area contributed by atoms with Crippen molar-refractivity contribution >= 4 is 5.69 Å². The Bertz CT molecular complexity index is 599. The first-order valence-corrected chi connectivity index (χ1v) is 8.76. The molecule has 128 valence electrons. The summed E-state index contributed by atoms with van der Waals surface area (Å²) in [5.41, 5.74) is 3.87. The van der Waals surface area contributed by atoms with Gasteiger partial charge in [0.2, 0.25) is 0 Å². The van der Waals surface area contributed by atoms with Crippen molar-refractivity contribution in [3.63, 3.8) is 0 Å². The number of nitrogens with zero attached hydrogens (tertiary/aromatic N) is 1. The quantitative estimate of drug-likeness (QED) is 0.726. The molecule has 3 heteroatoms. The fourth-order valence-corrected chi connectivity index (χ4v) is 3.48. The number of hydrogen-bond acceptors (Lipinski definition) is 3. The summed E-state index contributed by atoms with van der Waals surface area (Å²) in [6.45, 7) is 2.21. The molecule has 0 amide bonds. The van der Waals surface area contributed by atoms with Crippen molar-refractivity contribution in [1.29, 1.82) is 0 Å². The van der Waals surface area contributed by atoms with Gasteiger partial charge in [0.05, 0.1) is 0 Å². The molecule has 0 bridgehead atoms. The van der Waals surface area contributed by atoms with Gasteiger partial charge in [0, 0.05) is 39.4 Å². The molecule has 1 fully saturated rings. The number of benzene rings is 2. The van der Waals surface area contributed by atoms with Crippen LogP contribution in [0, 0.1) is 5.92 Å². The van der Waals surface area contributed by atoms with Gasteiger partial charge in [-0.15, -0.1) is 0 Å². The minimum Gasteiger partial charge on any atom is -0.372 e. The fraction of sp³-hybridized carbons (Fsp3) is 0.429. The van der Waals surface area contributed by atoms with Crippen LogP contribution in [0.15, 0.2) is 54.6 Å². The van der Waals surface area contributed by atoms with E-state index in [0.29, 0.717) is 5.92 Å². The highest BCUT2D eigenvalue weighted by Gasteiger charge is 2.22. The molecule has 0 spiro atoms. The standard InChI is InChI=1S/C21H27NO2/c1-23-21(24-2)16-17-12-14-22(15-13-17)20-10-8-19(9-11-20)18-6-4-3-5-7-18/h3-11,17,21H,12-16H2,1-2H3. The molecule has 24 heavy (non-hydrogen) atoms. The van der Waals surface area contributed by atoms with Crippen molar-refractivity contribution in [2.45, 2.75) is 25.6 Å². The number of ether oxygens (including phenoxy) is 2. The van der Waals surface area contributed by atoms with Crippen LogP contribution in [0.2, 0.25) is 0 Å². The van der Waals surface area contributed by atoms with Crippen molar-refractivity contribution in [3.05, 3.63) is 54.6 Å². The van der Waals surface area contributed by atoms with Gasteiger partial charge < -0.3 is 14.4 Å². The predicted molar refractivity (Wildman–Crippen MR) is 99.2 cm³/mol. The summed E-state index contributed by atoms with van der Waals surface area (Å²) in [6.07, 6.45) is 3.33. The molecule has 0 radical (unpaired) electrons. The number of piperidine rings is 1. The number of anilines is 1. The summed E-state index contributed by atoms with van der Waals surface area (Å²) in [6, 6.07) is 19.5. The zero-order valence-corrected chi connectivity index (χ0v) is 14.7. The van der Waals surface area contributed by atoms with Crippen LogP contribution in [0.4, 0.5) is 5.69 Å². The molecule has 1 aliphatic heterocycles. The molecule has 0 saturated carbocycles. The lowest BCUT2D eigenvalue weighted by Gasteiger charge is -2.34. The van der Waals surface area contributed by atoms with E-state index in [-0.39, 0.29) is 6.29 Å². The summed E-state index contributed by atoms with van der Waals surface area (Å²) in [5, 5.41) is 0. The van der Waals surface area contributed by atoms with Gasteiger partial charge >= 0.3 is 0 Å². The molecule has 1 aliphatic rings. The molecule has 1 saturated heterocycles. The Labute approximate surface area is 145 Å². The van der Waals surface area contributed by atoms with Crippen LogP contribution >= 0.6 is 0 Å². The Morgan fingerprint density at radius 1 is 0.875 bits per heavy atom. The third-order valence-corrected chi connectivity index (χ3v) is 5.01. The molecule has 2 aromatic rings. The third-order valence-electron chi connectivity index (χ3n) is 5.01. The second-order valence-corrected chi connectivity index (χ2v) is 6.48. The summed E-state index contributed by atoms with van der Waals surface area (Å²) in [4.78, 5) is 2.49. The largest absolute Gasteiger partial charge is 0.372 e. The first-order chi connectivity index (χ1) is 11.8. The monoisotopic (exact) mass is 325 g/mol. The molecule has 0 aromatic heterocycles. The summed E-state index contributed by atoms with van der Waals surface area (Å²) >= 11 is 0. The maximum absolute atomic E-state index is 5.33. The summed E-state index contributed by atoms with van der Waals surface area (Å²) in [7, 11) is 3.44. The maximum atomic E-state index is 5.33. The SMILES string of the molecule is COC(CC1CCN(c2ccc(-c3ccccc3)cc2)CC1)OC. The van der Waals surface area contributed by atoms with Crippen LogP contribution in [-0.4, -0.2) is 33.6 Å². The summed E-state index contributed by atoms with van der Waals surface area (Å²) in [5.74, 6) is 0.690. The lowest BCUT2D eigenvalue weighted by molar-refractivity contribution is -0.115. The van der Waals surface area contributed by atoms with Crippen LogP contribution < -0.4 is 4.90 Å². The third kappa shape index (κ3) is 4.16. The second-order valence-electron chi connectivity index (χ2n) is 6.48. The Morgan fingerprint density at radius 3 is 2.04 bits per heavy atom. The van der Waals surface area contributed by atoms with Gasteiger partial charge in [-0.1, -0.05) is 42.5 Å². The molecular weight excluding hydrogens is 298 g/mol. The molecule has 0 atom stereocenters. The topological polar surface area (TPSA) is 21.7 Å². The highest BCUT2D eigenvalue weighted by atomic mass is 16.7. The van der Waals surface area contributed by atoms with E-state index in [9.17, 15) is 0 Å². The van der Waals surface area contributed by atoms with Gasteiger partial charge in [0.25, 0.3) is 0 Å². The van der Waals surface area contributed by atoms with Gasteiger partial charge in [-0.25, -0.2) is 0 Å². The molecule has 0 N–H and O–H groups in total. The lowest BCUT2D eigenvalue weighted by atomic mass is 9.93. The van der Waals surface area contributed by atoms with Crippen molar-refractivity contribution in [3.8, 4) is 11.1 Å². The molecule has 1 heterocycles. The first kappa shape index (κ1) is 17.0. The highest BCUT2D eigenvalue weighted by molar-refractivity contribution is 5.66. The Morgan fingerprint density at radius 2 is 1.46 bits per heavy atom. The predicted octanol–water partition coefficient (Wildman–Crippen LogP) is 4.58. The second kappa shape index (κ2) is 8.32.